The Kier molecular flexibility index (Phi) is 7.63. The summed E-state index contributed by atoms with van der Waals surface area (Å²) in [5.74, 6) is 0.538. The fraction of sp³-hybridized carbons (Fsp3) is 0.269. The molecular formula is C26H29NO3. The Morgan fingerprint density at radius 2 is 1.70 bits per heavy atom. The topological polar surface area (TPSA) is 47.6 Å². The van der Waals surface area contributed by atoms with Gasteiger partial charge in [0.1, 0.15) is 5.75 Å². The summed E-state index contributed by atoms with van der Waals surface area (Å²) in [6, 6.07) is 22.8. The van der Waals surface area contributed by atoms with Crippen LogP contribution in [0.5, 0.6) is 5.75 Å². The van der Waals surface area contributed by atoms with Gasteiger partial charge in [-0.25, -0.2) is 0 Å². The van der Waals surface area contributed by atoms with E-state index in [0.29, 0.717) is 0 Å². The van der Waals surface area contributed by atoms with E-state index in [0.717, 1.165) is 42.0 Å². The normalized spacial score (nSPS) is 10.6. The molecule has 0 amide bonds. The Morgan fingerprint density at radius 1 is 0.900 bits per heavy atom. The van der Waals surface area contributed by atoms with Gasteiger partial charge in [-0.2, -0.15) is 0 Å². The van der Waals surface area contributed by atoms with Gasteiger partial charge in [-0.15, -0.1) is 0 Å². The van der Waals surface area contributed by atoms with Crippen LogP contribution in [0.4, 0.5) is 0 Å². The largest absolute Gasteiger partial charge is 0.496 e. The Balaban J connectivity index is 1.81. The van der Waals surface area contributed by atoms with Crippen LogP contribution < -0.4 is 10.1 Å². The van der Waals surface area contributed by atoms with Crippen LogP contribution in [0.2, 0.25) is 0 Å². The molecule has 1 N–H and O–H groups in total. The van der Waals surface area contributed by atoms with Crippen molar-refractivity contribution >= 4 is 5.97 Å². The second kappa shape index (κ2) is 10.6. The average Bonchev–Trinajstić information content (AvgIpc) is 2.77. The molecular weight excluding hydrogens is 374 g/mol. The van der Waals surface area contributed by atoms with Gasteiger partial charge in [0.15, 0.2) is 0 Å². The third-order valence-electron chi connectivity index (χ3n) is 5.14. The predicted molar refractivity (Wildman–Crippen MR) is 121 cm³/mol. The van der Waals surface area contributed by atoms with Gasteiger partial charge >= 0.3 is 5.97 Å². The maximum atomic E-state index is 11.7. The lowest BCUT2D eigenvalue weighted by Crippen LogP contribution is -2.17. The van der Waals surface area contributed by atoms with Crippen molar-refractivity contribution in [3.05, 3.63) is 89.0 Å². The molecule has 30 heavy (non-hydrogen) atoms. The summed E-state index contributed by atoms with van der Waals surface area (Å²) in [6.07, 6.45) is 1.23. The number of esters is 1. The third kappa shape index (κ3) is 5.71. The number of ether oxygens (including phenoxy) is 2. The highest BCUT2D eigenvalue weighted by molar-refractivity contribution is 5.77. The van der Waals surface area contributed by atoms with Gasteiger partial charge in [0.05, 0.1) is 20.6 Å². The van der Waals surface area contributed by atoms with Crippen LogP contribution in [0.1, 0.15) is 22.3 Å². The van der Waals surface area contributed by atoms with Crippen molar-refractivity contribution in [2.45, 2.75) is 26.3 Å². The van der Waals surface area contributed by atoms with E-state index < -0.39 is 0 Å². The number of hydrogen-bond donors (Lipinski definition) is 1. The van der Waals surface area contributed by atoms with Gasteiger partial charge in [-0.1, -0.05) is 60.2 Å². The summed E-state index contributed by atoms with van der Waals surface area (Å²) in [4.78, 5) is 11.7. The van der Waals surface area contributed by atoms with Crippen molar-refractivity contribution in [1.82, 2.24) is 5.32 Å². The fourth-order valence-electron chi connectivity index (χ4n) is 3.55. The van der Waals surface area contributed by atoms with Crippen molar-refractivity contribution in [2.75, 3.05) is 20.8 Å². The second-order valence-corrected chi connectivity index (χ2v) is 7.36. The van der Waals surface area contributed by atoms with Crippen LogP contribution in [-0.4, -0.2) is 26.7 Å². The number of nitrogens with one attached hydrogen (secondary N) is 1. The lowest BCUT2D eigenvalue weighted by atomic mass is 9.95. The molecule has 0 saturated carbocycles. The van der Waals surface area contributed by atoms with E-state index in [1.165, 1.54) is 23.8 Å². The SMILES string of the molecule is COC(=O)Cc1ccc(OC)c(-c2ccc(C)cc2CNCCc2ccccc2)c1. The smallest absolute Gasteiger partial charge is 0.309 e. The van der Waals surface area contributed by atoms with Gasteiger partial charge in [0, 0.05) is 12.1 Å². The molecule has 0 heterocycles. The van der Waals surface area contributed by atoms with Crippen LogP contribution in [0.25, 0.3) is 11.1 Å². The zero-order valence-electron chi connectivity index (χ0n) is 17.9. The lowest BCUT2D eigenvalue weighted by molar-refractivity contribution is -0.139. The molecule has 3 aromatic carbocycles. The van der Waals surface area contributed by atoms with E-state index in [4.69, 9.17) is 9.47 Å². The van der Waals surface area contributed by atoms with Crippen LogP contribution in [-0.2, 0) is 28.9 Å². The summed E-state index contributed by atoms with van der Waals surface area (Å²) >= 11 is 0. The van der Waals surface area contributed by atoms with Crippen LogP contribution >= 0.6 is 0 Å². The Labute approximate surface area is 178 Å². The first kappa shape index (κ1) is 21.6. The molecule has 0 spiro atoms. The maximum absolute atomic E-state index is 11.7. The minimum atomic E-state index is -0.252. The molecule has 0 atom stereocenters. The predicted octanol–water partition coefficient (Wildman–Crippen LogP) is 4.72. The molecule has 3 aromatic rings. The fourth-order valence-corrected chi connectivity index (χ4v) is 3.55. The molecule has 4 nitrogen and oxygen atoms in total. The van der Waals surface area contributed by atoms with Crippen molar-refractivity contribution in [1.29, 1.82) is 0 Å². The van der Waals surface area contributed by atoms with E-state index in [1.807, 2.05) is 24.3 Å². The molecule has 0 aliphatic rings. The van der Waals surface area contributed by atoms with Crippen LogP contribution in [0.15, 0.2) is 66.7 Å². The average molecular weight is 404 g/mol. The molecule has 0 aliphatic heterocycles. The number of aryl methyl sites for hydroxylation is 1. The Bertz CT molecular complexity index is 983. The molecule has 0 radical (unpaired) electrons. The highest BCUT2D eigenvalue weighted by Crippen LogP contribution is 2.34. The van der Waals surface area contributed by atoms with Crippen LogP contribution in [0.3, 0.4) is 0 Å². The number of carbonyl (C=O) groups excluding carboxylic acids is 1. The van der Waals surface area contributed by atoms with Crippen molar-refractivity contribution in [3.63, 3.8) is 0 Å². The lowest BCUT2D eigenvalue weighted by Gasteiger charge is -2.16. The van der Waals surface area contributed by atoms with Gasteiger partial charge < -0.3 is 14.8 Å². The maximum Gasteiger partial charge on any atom is 0.309 e. The number of methoxy groups -OCH3 is 2. The second-order valence-electron chi connectivity index (χ2n) is 7.36. The van der Waals surface area contributed by atoms with Crippen LogP contribution in [0, 0.1) is 6.92 Å². The standard InChI is InChI=1S/C26H29NO3/c1-19-9-11-23(22(15-19)18-27-14-13-20-7-5-4-6-8-20)24-16-21(17-26(28)30-3)10-12-25(24)29-2/h4-12,15-16,27H,13-14,17-18H2,1-3H3. The molecule has 156 valence electrons. The Morgan fingerprint density at radius 3 is 2.43 bits per heavy atom. The molecule has 0 aromatic heterocycles. The van der Waals surface area contributed by atoms with Gasteiger partial charge in [-0.3, -0.25) is 4.79 Å². The molecule has 0 bridgehead atoms. The highest BCUT2D eigenvalue weighted by Gasteiger charge is 2.13. The van der Waals surface area contributed by atoms with Gasteiger partial charge in [0.25, 0.3) is 0 Å². The quantitative estimate of drug-likeness (QED) is 0.415. The van der Waals surface area contributed by atoms with Crippen molar-refractivity contribution in [3.8, 4) is 16.9 Å². The number of benzene rings is 3. The zero-order chi connectivity index (χ0) is 21.3. The minimum Gasteiger partial charge on any atom is -0.496 e. The Hall–Kier alpha value is -3.11. The molecule has 3 rings (SSSR count). The van der Waals surface area contributed by atoms with E-state index in [-0.39, 0.29) is 12.4 Å². The first-order chi connectivity index (χ1) is 14.6. The summed E-state index contributed by atoms with van der Waals surface area (Å²) in [5, 5.41) is 3.57. The monoisotopic (exact) mass is 403 g/mol. The van der Waals surface area contributed by atoms with Gasteiger partial charge in [-0.05, 0) is 54.3 Å². The van der Waals surface area contributed by atoms with E-state index >= 15 is 0 Å². The first-order valence-corrected chi connectivity index (χ1v) is 10.2. The summed E-state index contributed by atoms with van der Waals surface area (Å²) in [6.45, 7) is 3.76. The van der Waals surface area contributed by atoms with E-state index in [1.54, 1.807) is 7.11 Å². The van der Waals surface area contributed by atoms with Crippen molar-refractivity contribution < 1.29 is 14.3 Å². The molecule has 4 heteroatoms. The molecule has 0 saturated heterocycles. The van der Waals surface area contributed by atoms with Crippen molar-refractivity contribution in [2.24, 2.45) is 0 Å². The summed E-state index contributed by atoms with van der Waals surface area (Å²) in [5.41, 5.74) is 6.74. The number of carbonyl (C=O) groups is 1. The number of rotatable bonds is 9. The molecule has 0 aliphatic carbocycles. The third-order valence-corrected chi connectivity index (χ3v) is 5.14. The zero-order valence-corrected chi connectivity index (χ0v) is 17.9. The minimum absolute atomic E-state index is 0.240. The highest BCUT2D eigenvalue weighted by atomic mass is 16.5. The molecule has 0 unspecified atom stereocenters. The number of hydrogen-bond acceptors (Lipinski definition) is 4. The first-order valence-electron chi connectivity index (χ1n) is 10.2. The van der Waals surface area contributed by atoms with E-state index in [9.17, 15) is 4.79 Å². The van der Waals surface area contributed by atoms with Gasteiger partial charge in [0.2, 0.25) is 0 Å². The summed E-state index contributed by atoms with van der Waals surface area (Å²) in [7, 11) is 3.08. The summed E-state index contributed by atoms with van der Waals surface area (Å²) < 4.78 is 10.4. The van der Waals surface area contributed by atoms with E-state index in [2.05, 4.69) is 54.7 Å². The molecule has 0 fully saturated rings.